The summed E-state index contributed by atoms with van der Waals surface area (Å²) in [7, 11) is 0. The second-order valence-electron chi connectivity index (χ2n) is 11.1. The molecule has 11 heteroatoms. The first-order valence-electron chi connectivity index (χ1n) is 13.5. The van der Waals surface area contributed by atoms with Crippen LogP contribution in [0.3, 0.4) is 0 Å². The van der Waals surface area contributed by atoms with Crippen molar-refractivity contribution in [3.8, 4) is 11.4 Å². The quantitative estimate of drug-likeness (QED) is 0.234. The summed E-state index contributed by atoms with van der Waals surface area (Å²) in [4.78, 5) is 25.4. The van der Waals surface area contributed by atoms with Gasteiger partial charge in [-0.05, 0) is 43.9 Å². The van der Waals surface area contributed by atoms with E-state index in [0.29, 0.717) is 63.8 Å². The van der Waals surface area contributed by atoms with Gasteiger partial charge in [-0.1, -0.05) is 45.0 Å². The molecule has 11 nitrogen and oxygen atoms in total. The summed E-state index contributed by atoms with van der Waals surface area (Å²) in [5, 5.41) is 9.07. The van der Waals surface area contributed by atoms with E-state index in [4.69, 9.17) is 18.6 Å². The van der Waals surface area contributed by atoms with Gasteiger partial charge in [0.25, 0.3) is 0 Å². The van der Waals surface area contributed by atoms with Crippen LogP contribution < -0.4 is 16.0 Å². The lowest BCUT2D eigenvalue weighted by atomic mass is 9.87. The molecule has 218 valence electrons. The highest BCUT2D eigenvalue weighted by atomic mass is 16.6. The molecule has 0 saturated carbocycles. The number of hydrogen-bond acceptors (Lipinski definition) is 10. The van der Waals surface area contributed by atoms with Gasteiger partial charge in [-0.25, -0.2) is 4.79 Å². The molecule has 40 heavy (non-hydrogen) atoms. The van der Waals surface area contributed by atoms with Crippen LogP contribution in [0.5, 0.6) is 0 Å². The molecular weight excluding hydrogens is 512 g/mol. The molecule has 0 fully saturated rings. The number of carbonyl (C=O) groups is 1. The van der Waals surface area contributed by atoms with Crippen LogP contribution in [-0.4, -0.2) is 66.2 Å². The van der Waals surface area contributed by atoms with Gasteiger partial charge in [0.05, 0.1) is 39.2 Å². The van der Waals surface area contributed by atoms with Gasteiger partial charge < -0.3 is 34.6 Å². The average molecular weight is 555 g/mol. The molecule has 1 amide bonds. The molecule has 0 saturated heterocycles. The minimum Gasteiger partial charge on any atom is -0.467 e. The molecule has 0 aliphatic carbocycles. The van der Waals surface area contributed by atoms with Crippen molar-refractivity contribution in [3.63, 3.8) is 0 Å². The lowest BCUT2D eigenvalue weighted by molar-refractivity contribution is 0.0415. The molecule has 0 unspecified atom stereocenters. The van der Waals surface area contributed by atoms with Crippen molar-refractivity contribution in [2.45, 2.75) is 59.1 Å². The number of furan rings is 1. The van der Waals surface area contributed by atoms with Crippen LogP contribution in [0.15, 0.2) is 47.1 Å². The zero-order valence-electron chi connectivity index (χ0n) is 24.4. The van der Waals surface area contributed by atoms with Gasteiger partial charge >= 0.3 is 6.09 Å². The van der Waals surface area contributed by atoms with Crippen LogP contribution in [0.25, 0.3) is 11.4 Å². The summed E-state index contributed by atoms with van der Waals surface area (Å²) in [5.74, 6) is 2.23. The molecule has 0 spiro atoms. The number of nitrogens with one attached hydrogen (secondary N) is 3. The number of amides is 1. The monoisotopic (exact) mass is 554 g/mol. The predicted molar refractivity (Wildman–Crippen MR) is 154 cm³/mol. The molecule has 3 N–H and O–H groups in total. The van der Waals surface area contributed by atoms with E-state index in [1.54, 1.807) is 6.26 Å². The maximum atomic E-state index is 11.6. The molecule has 0 bridgehead atoms. The maximum absolute atomic E-state index is 11.6. The topological polar surface area (TPSA) is 133 Å². The minimum atomic E-state index is -0.522. The third-order valence-electron chi connectivity index (χ3n) is 5.46. The summed E-state index contributed by atoms with van der Waals surface area (Å²) in [5.41, 5.74) is 1.67. The number of hydrogen-bond donors (Lipinski definition) is 3. The molecule has 0 aliphatic rings. The molecule has 0 radical (unpaired) electrons. The van der Waals surface area contributed by atoms with E-state index in [9.17, 15) is 4.79 Å². The van der Waals surface area contributed by atoms with Gasteiger partial charge in [-0.15, -0.1) is 0 Å². The van der Waals surface area contributed by atoms with Crippen molar-refractivity contribution in [1.29, 1.82) is 0 Å². The summed E-state index contributed by atoms with van der Waals surface area (Å²) in [6.07, 6.45) is 1.17. The highest BCUT2D eigenvalue weighted by Gasteiger charge is 2.16. The number of ether oxygens (including phenoxy) is 3. The zero-order chi connectivity index (χ0) is 29.0. The molecule has 2 aromatic heterocycles. The Balaban J connectivity index is 1.46. The SMILES string of the molecule is CC(C)(C)OC(=O)NCCOCCOCCNc1nc(NCc2ccco2)nc(-c2ccc(C(C)(C)C)cc2)n1. The van der Waals surface area contributed by atoms with E-state index in [1.165, 1.54) is 5.56 Å². The summed E-state index contributed by atoms with van der Waals surface area (Å²) in [6.45, 7) is 15.0. The number of alkyl carbamates (subject to hydrolysis) is 1. The Kier molecular flexibility index (Phi) is 11.3. The molecule has 1 aromatic carbocycles. The highest BCUT2D eigenvalue weighted by molar-refractivity contribution is 5.67. The molecule has 2 heterocycles. The van der Waals surface area contributed by atoms with Gasteiger partial charge in [0.1, 0.15) is 11.4 Å². The normalized spacial score (nSPS) is 11.8. The van der Waals surface area contributed by atoms with Gasteiger partial charge in [-0.2, -0.15) is 15.0 Å². The van der Waals surface area contributed by atoms with Gasteiger partial charge in [0.15, 0.2) is 5.82 Å². The lowest BCUT2D eigenvalue weighted by Crippen LogP contribution is -2.34. The zero-order valence-corrected chi connectivity index (χ0v) is 24.4. The Bertz CT molecular complexity index is 1170. The second-order valence-corrected chi connectivity index (χ2v) is 11.1. The number of carbonyl (C=O) groups excluding carboxylic acids is 1. The lowest BCUT2D eigenvalue weighted by Gasteiger charge is -2.19. The van der Waals surface area contributed by atoms with E-state index in [0.717, 1.165) is 11.3 Å². The van der Waals surface area contributed by atoms with Crippen LogP contribution in [0.4, 0.5) is 16.7 Å². The van der Waals surface area contributed by atoms with E-state index in [1.807, 2.05) is 45.0 Å². The van der Waals surface area contributed by atoms with Crippen LogP contribution in [0, 0.1) is 0 Å². The number of anilines is 2. The molecule has 0 aliphatic heterocycles. The number of aromatic nitrogens is 3. The Morgan fingerprint density at radius 1 is 0.825 bits per heavy atom. The third kappa shape index (κ3) is 11.2. The Morgan fingerprint density at radius 3 is 2.08 bits per heavy atom. The number of rotatable bonds is 14. The molecule has 3 aromatic rings. The standard InChI is InChI=1S/C29H42N6O5/c1-28(2,3)22-11-9-21(10-12-22)24-33-25(35-26(34-24)32-20-23-8-7-15-39-23)30-13-16-37-18-19-38-17-14-31-27(36)40-29(4,5)6/h7-12,15H,13-14,16-20H2,1-6H3,(H,31,36)(H2,30,32,33,34,35). The largest absolute Gasteiger partial charge is 0.467 e. The van der Waals surface area contributed by atoms with Crippen LogP contribution in [0.2, 0.25) is 0 Å². The fourth-order valence-corrected chi connectivity index (χ4v) is 3.46. The first-order valence-corrected chi connectivity index (χ1v) is 13.5. The maximum Gasteiger partial charge on any atom is 0.407 e. The Hall–Kier alpha value is -3.70. The number of nitrogens with zero attached hydrogens (tertiary/aromatic N) is 3. The van der Waals surface area contributed by atoms with Crippen molar-refractivity contribution in [3.05, 3.63) is 54.0 Å². The summed E-state index contributed by atoms with van der Waals surface area (Å²) in [6, 6.07) is 12.0. The Labute approximate surface area is 236 Å². The van der Waals surface area contributed by atoms with Crippen molar-refractivity contribution < 1.29 is 23.4 Å². The van der Waals surface area contributed by atoms with Gasteiger partial charge in [0.2, 0.25) is 11.9 Å². The van der Waals surface area contributed by atoms with Gasteiger partial charge in [-0.3, -0.25) is 0 Å². The highest BCUT2D eigenvalue weighted by Crippen LogP contribution is 2.25. The Morgan fingerprint density at radius 2 is 1.48 bits per heavy atom. The van der Waals surface area contributed by atoms with E-state index >= 15 is 0 Å². The fourth-order valence-electron chi connectivity index (χ4n) is 3.46. The number of benzene rings is 1. The van der Waals surface area contributed by atoms with Crippen LogP contribution in [-0.2, 0) is 26.2 Å². The average Bonchev–Trinajstić information content (AvgIpc) is 3.41. The minimum absolute atomic E-state index is 0.0577. The smallest absolute Gasteiger partial charge is 0.407 e. The molecular formula is C29H42N6O5. The van der Waals surface area contributed by atoms with Crippen LogP contribution >= 0.6 is 0 Å². The molecule has 0 atom stereocenters. The summed E-state index contributed by atoms with van der Waals surface area (Å²) < 4.78 is 21.7. The van der Waals surface area contributed by atoms with Gasteiger partial charge in [0, 0.05) is 18.7 Å². The third-order valence-corrected chi connectivity index (χ3v) is 5.46. The fraction of sp³-hybridized carbons (Fsp3) is 0.517. The molecule has 3 rings (SSSR count). The van der Waals surface area contributed by atoms with Crippen molar-refractivity contribution in [2.24, 2.45) is 0 Å². The summed E-state index contributed by atoms with van der Waals surface area (Å²) >= 11 is 0. The van der Waals surface area contributed by atoms with E-state index in [-0.39, 0.29) is 5.41 Å². The second kappa shape index (κ2) is 14.6. The predicted octanol–water partition coefficient (Wildman–Crippen LogP) is 5.01. The van der Waals surface area contributed by atoms with Crippen molar-refractivity contribution in [2.75, 3.05) is 50.2 Å². The van der Waals surface area contributed by atoms with E-state index in [2.05, 4.69) is 63.8 Å². The first kappa shape index (κ1) is 30.8. The van der Waals surface area contributed by atoms with Crippen molar-refractivity contribution in [1.82, 2.24) is 20.3 Å². The van der Waals surface area contributed by atoms with E-state index < -0.39 is 11.7 Å². The first-order chi connectivity index (χ1) is 19.0. The van der Waals surface area contributed by atoms with Crippen LogP contribution in [0.1, 0.15) is 52.9 Å². The van der Waals surface area contributed by atoms with Crippen molar-refractivity contribution >= 4 is 18.0 Å².